The van der Waals surface area contributed by atoms with Crippen LogP contribution in [-0.4, -0.2) is 11.4 Å². The van der Waals surface area contributed by atoms with Gasteiger partial charge in [-0.3, -0.25) is 4.90 Å². The molecule has 3 heteroatoms. The molecule has 0 saturated heterocycles. The van der Waals surface area contributed by atoms with E-state index in [2.05, 4.69) is 47.5 Å². The first kappa shape index (κ1) is 12.9. The molecule has 1 unspecified atom stereocenters. The van der Waals surface area contributed by atoms with Crippen molar-refractivity contribution < 1.29 is 0 Å². The van der Waals surface area contributed by atoms with Gasteiger partial charge in [0.2, 0.25) is 0 Å². The van der Waals surface area contributed by atoms with Gasteiger partial charge in [-0.15, -0.1) is 11.3 Å². The first-order valence-electron chi connectivity index (χ1n) is 6.86. The molecule has 0 radical (unpaired) electrons. The second-order valence-corrected chi connectivity index (χ2v) is 6.22. The van der Waals surface area contributed by atoms with E-state index in [9.17, 15) is 0 Å². The lowest BCUT2D eigenvalue weighted by atomic mass is 10.0. The molecule has 0 aliphatic carbocycles. The minimum Gasteiger partial charge on any atom is -0.326 e. The van der Waals surface area contributed by atoms with Crippen molar-refractivity contribution >= 4 is 11.3 Å². The number of hydrogen-bond donors (Lipinski definition) is 1. The van der Waals surface area contributed by atoms with E-state index in [-0.39, 0.29) is 0 Å². The molecule has 100 valence electrons. The van der Waals surface area contributed by atoms with Gasteiger partial charge in [-0.25, -0.2) is 0 Å². The topological polar surface area (TPSA) is 29.3 Å². The summed E-state index contributed by atoms with van der Waals surface area (Å²) in [7, 11) is 0. The highest BCUT2D eigenvalue weighted by molar-refractivity contribution is 7.10. The highest BCUT2D eigenvalue weighted by atomic mass is 32.1. The summed E-state index contributed by atoms with van der Waals surface area (Å²) >= 11 is 1.90. The highest BCUT2D eigenvalue weighted by Crippen LogP contribution is 2.33. The molecule has 0 amide bonds. The molecular formula is C16H20N2S. The minimum absolute atomic E-state index is 0.532. The third-order valence-corrected chi connectivity index (χ3v) is 5.04. The van der Waals surface area contributed by atoms with E-state index in [0.717, 1.165) is 13.1 Å². The van der Waals surface area contributed by atoms with Crippen LogP contribution in [0.4, 0.5) is 0 Å². The Balaban J connectivity index is 1.73. The number of thiophene rings is 1. The van der Waals surface area contributed by atoms with Crippen molar-refractivity contribution in [1.29, 1.82) is 0 Å². The van der Waals surface area contributed by atoms with Crippen molar-refractivity contribution in [3.05, 3.63) is 57.3 Å². The van der Waals surface area contributed by atoms with E-state index in [1.54, 1.807) is 4.88 Å². The number of nitrogens with zero attached hydrogens (tertiary/aromatic N) is 1. The second kappa shape index (κ2) is 5.45. The van der Waals surface area contributed by atoms with Gasteiger partial charge in [0, 0.05) is 30.6 Å². The summed E-state index contributed by atoms with van der Waals surface area (Å²) < 4.78 is 0. The Morgan fingerprint density at radius 3 is 2.68 bits per heavy atom. The van der Waals surface area contributed by atoms with Crippen molar-refractivity contribution in [2.75, 3.05) is 6.54 Å². The fourth-order valence-corrected chi connectivity index (χ4v) is 3.76. The zero-order valence-electron chi connectivity index (χ0n) is 11.3. The van der Waals surface area contributed by atoms with Gasteiger partial charge < -0.3 is 5.73 Å². The Morgan fingerprint density at radius 2 is 1.95 bits per heavy atom. The highest BCUT2D eigenvalue weighted by Gasteiger charge is 2.24. The van der Waals surface area contributed by atoms with Gasteiger partial charge in [0.05, 0.1) is 0 Å². The zero-order chi connectivity index (χ0) is 13.2. The molecule has 1 aromatic carbocycles. The second-order valence-electron chi connectivity index (χ2n) is 5.22. The number of benzene rings is 1. The van der Waals surface area contributed by atoms with Gasteiger partial charge in [0.25, 0.3) is 0 Å². The van der Waals surface area contributed by atoms with E-state index >= 15 is 0 Å². The molecule has 3 rings (SSSR count). The van der Waals surface area contributed by atoms with Crippen molar-refractivity contribution in [2.45, 2.75) is 32.5 Å². The smallest absolute Gasteiger partial charge is 0.0334 e. The fourth-order valence-electron chi connectivity index (χ4n) is 2.79. The predicted octanol–water partition coefficient (Wildman–Crippen LogP) is 3.33. The molecule has 0 bridgehead atoms. The SMILES string of the molecule is CC1c2ccsc2CCN1Cc1ccc(CN)cc1. The van der Waals surface area contributed by atoms with Crippen molar-refractivity contribution in [1.82, 2.24) is 4.90 Å². The van der Waals surface area contributed by atoms with Crippen LogP contribution in [0, 0.1) is 0 Å². The number of fused-ring (bicyclic) bond motifs is 1. The van der Waals surface area contributed by atoms with Gasteiger partial charge in [-0.1, -0.05) is 24.3 Å². The lowest BCUT2D eigenvalue weighted by molar-refractivity contribution is 0.191. The molecule has 2 aromatic rings. The van der Waals surface area contributed by atoms with Gasteiger partial charge in [0.1, 0.15) is 0 Å². The van der Waals surface area contributed by atoms with Crippen molar-refractivity contribution in [3.8, 4) is 0 Å². The molecule has 1 atom stereocenters. The maximum absolute atomic E-state index is 5.64. The largest absolute Gasteiger partial charge is 0.326 e. The Labute approximate surface area is 118 Å². The normalized spacial score (nSPS) is 19.4. The first-order chi connectivity index (χ1) is 9.28. The summed E-state index contributed by atoms with van der Waals surface area (Å²) in [5.41, 5.74) is 9.74. The molecular weight excluding hydrogens is 252 g/mol. The van der Waals surface area contributed by atoms with Crippen LogP contribution in [0.15, 0.2) is 35.7 Å². The van der Waals surface area contributed by atoms with E-state index in [0.29, 0.717) is 12.6 Å². The minimum atomic E-state index is 0.532. The monoisotopic (exact) mass is 272 g/mol. The van der Waals surface area contributed by atoms with Crippen molar-refractivity contribution in [3.63, 3.8) is 0 Å². The molecule has 0 spiro atoms. The summed E-state index contributed by atoms with van der Waals surface area (Å²) in [6.45, 7) is 5.13. The number of hydrogen-bond acceptors (Lipinski definition) is 3. The lowest BCUT2D eigenvalue weighted by Crippen LogP contribution is -2.32. The summed E-state index contributed by atoms with van der Waals surface area (Å²) in [6, 6.07) is 11.5. The average molecular weight is 272 g/mol. The Morgan fingerprint density at radius 1 is 1.21 bits per heavy atom. The van der Waals surface area contributed by atoms with Crippen LogP contribution in [-0.2, 0) is 19.5 Å². The van der Waals surface area contributed by atoms with Crippen LogP contribution >= 0.6 is 11.3 Å². The average Bonchev–Trinajstić information content (AvgIpc) is 2.92. The van der Waals surface area contributed by atoms with Crippen molar-refractivity contribution in [2.24, 2.45) is 5.73 Å². The molecule has 0 saturated carbocycles. The molecule has 2 heterocycles. The first-order valence-corrected chi connectivity index (χ1v) is 7.74. The Bertz CT molecular complexity index is 544. The van der Waals surface area contributed by atoms with E-state index in [1.165, 1.54) is 23.1 Å². The molecule has 1 aromatic heterocycles. The Hall–Kier alpha value is -1.16. The number of rotatable bonds is 3. The number of nitrogens with two attached hydrogens (primary N) is 1. The van der Waals surface area contributed by atoms with Gasteiger partial charge in [-0.05, 0) is 41.5 Å². The molecule has 0 fully saturated rings. The zero-order valence-corrected chi connectivity index (χ0v) is 12.1. The maximum atomic E-state index is 5.64. The van der Waals surface area contributed by atoms with Crippen LogP contribution in [0.1, 0.15) is 34.5 Å². The summed E-state index contributed by atoms with van der Waals surface area (Å²) in [4.78, 5) is 4.13. The van der Waals surface area contributed by atoms with Crippen LogP contribution in [0.3, 0.4) is 0 Å². The van der Waals surface area contributed by atoms with Crippen LogP contribution in [0.2, 0.25) is 0 Å². The fraction of sp³-hybridized carbons (Fsp3) is 0.375. The van der Waals surface area contributed by atoms with Crippen LogP contribution in [0.5, 0.6) is 0 Å². The third-order valence-electron chi connectivity index (χ3n) is 4.05. The Kier molecular flexibility index (Phi) is 3.69. The maximum Gasteiger partial charge on any atom is 0.0334 e. The molecule has 1 aliphatic rings. The van der Waals surface area contributed by atoms with E-state index in [1.807, 2.05) is 11.3 Å². The standard InChI is InChI=1S/C16H20N2S/c1-12-15-7-9-19-16(15)6-8-18(12)11-14-4-2-13(10-17)3-5-14/h2-5,7,9,12H,6,8,10-11,17H2,1H3. The van der Waals surface area contributed by atoms with Crippen LogP contribution in [0.25, 0.3) is 0 Å². The van der Waals surface area contributed by atoms with Gasteiger partial charge in [-0.2, -0.15) is 0 Å². The van der Waals surface area contributed by atoms with E-state index < -0.39 is 0 Å². The van der Waals surface area contributed by atoms with E-state index in [4.69, 9.17) is 5.73 Å². The molecule has 2 N–H and O–H groups in total. The van der Waals surface area contributed by atoms with Crippen LogP contribution < -0.4 is 5.73 Å². The van der Waals surface area contributed by atoms with Gasteiger partial charge in [0.15, 0.2) is 0 Å². The molecule has 1 aliphatic heterocycles. The summed E-state index contributed by atoms with van der Waals surface area (Å²) in [6.07, 6.45) is 1.19. The summed E-state index contributed by atoms with van der Waals surface area (Å²) in [5, 5.41) is 2.22. The summed E-state index contributed by atoms with van der Waals surface area (Å²) in [5.74, 6) is 0. The quantitative estimate of drug-likeness (QED) is 0.928. The molecule has 2 nitrogen and oxygen atoms in total. The molecule has 19 heavy (non-hydrogen) atoms. The van der Waals surface area contributed by atoms with Gasteiger partial charge >= 0.3 is 0 Å². The predicted molar refractivity (Wildman–Crippen MR) is 81.2 cm³/mol. The lowest BCUT2D eigenvalue weighted by Gasteiger charge is -2.33. The third kappa shape index (κ3) is 2.59.